The predicted molar refractivity (Wildman–Crippen MR) is 78.1 cm³/mol. The zero-order chi connectivity index (χ0) is 16.6. The molecule has 0 aromatic carbocycles. The van der Waals surface area contributed by atoms with E-state index in [0.717, 1.165) is 28.4 Å². The average Bonchev–Trinajstić information content (AvgIpc) is 2.79. The van der Waals surface area contributed by atoms with Crippen molar-refractivity contribution in [1.82, 2.24) is 4.90 Å². The van der Waals surface area contributed by atoms with E-state index in [1.807, 2.05) is 0 Å². The molecule has 4 N–H and O–H groups in total. The van der Waals surface area contributed by atoms with E-state index in [0.29, 0.717) is 10.7 Å². The first-order valence-electron chi connectivity index (χ1n) is 6.54. The van der Waals surface area contributed by atoms with Crippen LogP contribution in [0.4, 0.5) is 0 Å². The molecule has 23 heavy (non-hydrogen) atoms. The number of nitrogens with zero attached hydrogens (tertiary/aromatic N) is 1. The summed E-state index contributed by atoms with van der Waals surface area (Å²) in [5, 5.41) is 29.4. The van der Waals surface area contributed by atoms with Crippen LogP contribution in [0.2, 0.25) is 0 Å². The number of carbonyl (C=O) groups is 3. The molecule has 0 aliphatic carbocycles. The minimum atomic E-state index is -1.50. The van der Waals surface area contributed by atoms with E-state index >= 15 is 0 Å². The first-order chi connectivity index (χ1) is 10.3. The van der Waals surface area contributed by atoms with E-state index in [1.165, 1.54) is 0 Å². The second-order valence-corrected chi connectivity index (χ2v) is 7.31. The van der Waals surface area contributed by atoms with Crippen LogP contribution >= 0.6 is 23.5 Å². The Hall–Kier alpha value is -0.230. The van der Waals surface area contributed by atoms with Crippen molar-refractivity contribution < 1.29 is 59.3 Å². The number of aliphatic carboxylic acids is 2. The number of fused-ring (bicyclic) bond motifs is 1. The van der Waals surface area contributed by atoms with Gasteiger partial charge in [0.15, 0.2) is 0 Å². The Kier molecular flexibility index (Phi) is 7.45. The zero-order valence-corrected chi connectivity index (χ0v) is 16.2. The van der Waals surface area contributed by atoms with Crippen molar-refractivity contribution in [3.8, 4) is 0 Å². The molecule has 1 unspecified atom stereocenters. The van der Waals surface area contributed by atoms with Gasteiger partial charge in [-0.1, -0.05) is 18.7 Å². The third-order valence-electron chi connectivity index (χ3n) is 3.48. The fourth-order valence-corrected chi connectivity index (χ4v) is 5.08. The van der Waals surface area contributed by atoms with Gasteiger partial charge in [0.25, 0.3) is 0 Å². The maximum atomic E-state index is 12.0. The Labute approximate surface area is 163 Å². The Morgan fingerprint density at radius 2 is 2.13 bits per heavy atom. The van der Waals surface area contributed by atoms with Crippen molar-refractivity contribution in [3.63, 3.8) is 0 Å². The van der Waals surface area contributed by atoms with Crippen LogP contribution in [0.3, 0.4) is 0 Å². The molecule has 1 fully saturated rings. The first kappa shape index (κ1) is 20.8. The van der Waals surface area contributed by atoms with Crippen LogP contribution in [0.25, 0.3) is 0 Å². The summed E-state index contributed by atoms with van der Waals surface area (Å²) in [5.74, 6) is -3.83. The van der Waals surface area contributed by atoms with Crippen molar-refractivity contribution in [2.75, 3.05) is 5.75 Å². The van der Waals surface area contributed by atoms with E-state index in [-0.39, 0.29) is 41.0 Å². The number of amides is 1. The van der Waals surface area contributed by atoms with Crippen LogP contribution < -0.4 is 40.4 Å². The Balaban J connectivity index is 0.00000264. The summed E-state index contributed by atoms with van der Waals surface area (Å²) >= 11 is 2.09. The monoisotopic (exact) mass is 370 g/mol. The van der Waals surface area contributed by atoms with E-state index in [2.05, 4.69) is 0 Å². The van der Waals surface area contributed by atoms with Gasteiger partial charge in [-0.15, -0.1) is 11.8 Å². The molecule has 2 aliphatic rings. The van der Waals surface area contributed by atoms with E-state index in [4.69, 9.17) is 10.8 Å². The molecule has 2 heterocycles. The van der Waals surface area contributed by atoms with Gasteiger partial charge in [-0.05, 0) is 6.42 Å². The third-order valence-corrected chi connectivity index (χ3v) is 6.26. The summed E-state index contributed by atoms with van der Waals surface area (Å²) in [7, 11) is 0. The van der Waals surface area contributed by atoms with Crippen LogP contribution in [-0.2, 0) is 14.4 Å². The molecule has 0 radical (unpaired) electrons. The van der Waals surface area contributed by atoms with Gasteiger partial charge in [-0.2, -0.15) is 0 Å². The van der Waals surface area contributed by atoms with E-state index < -0.39 is 41.3 Å². The van der Waals surface area contributed by atoms with Gasteiger partial charge >= 0.3 is 35.5 Å². The molecule has 2 rings (SSSR count). The van der Waals surface area contributed by atoms with Crippen molar-refractivity contribution in [2.45, 2.75) is 30.9 Å². The fourth-order valence-electron chi connectivity index (χ4n) is 2.24. The smallest absolute Gasteiger partial charge is 0.543 e. The summed E-state index contributed by atoms with van der Waals surface area (Å²) in [4.78, 5) is 35.1. The van der Waals surface area contributed by atoms with Crippen LogP contribution in [-0.4, -0.2) is 56.2 Å². The number of carboxylic acid groups (broad SMARTS) is 2. The Morgan fingerprint density at radius 1 is 1.52 bits per heavy atom. The number of rotatable bonds is 7. The summed E-state index contributed by atoms with van der Waals surface area (Å²) < 4.78 is 0.292. The van der Waals surface area contributed by atoms with E-state index in [1.54, 1.807) is 6.92 Å². The molecule has 1 saturated heterocycles. The van der Waals surface area contributed by atoms with Gasteiger partial charge in [-0.25, -0.2) is 0 Å². The maximum Gasteiger partial charge on any atom is 1.00 e. The summed E-state index contributed by atoms with van der Waals surface area (Å²) in [5.41, 5.74) is 5.13. The average molecular weight is 370 g/mol. The number of aliphatic hydroxyl groups is 1. The third kappa shape index (κ3) is 3.89. The number of aliphatic hydroxyl groups excluding tert-OH is 1. The second-order valence-electron chi connectivity index (χ2n) is 4.90. The normalized spacial score (nSPS) is 25.3. The van der Waals surface area contributed by atoms with Crippen molar-refractivity contribution >= 4 is 41.4 Å². The van der Waals surface area contributed by atoms with Gasteiger partial charge < -0.3 is 25.8 Å². The molecule has 122 valence electrons. The van der Waals surface area contributed by atoms with Crippen LogP contribution in [0.5, 0.6) is 0 Å². The summed E-state index contributed by atoms with van der Waals surface area (Å²) in [6, 6.07) is -1.14. The molecule has 0 saturated carbocycles. The SMILES string of the molecule is CCC(O)[C@H]1C(=O)N2C(C(=O)[O-])=C(SC[C@H](N)C(=O)O)S[C@H]12.[Na+]. The number of thioether (sulfide) groups is 2. The van der Waals surface area contributed by atoms with Gasteiger partial charge in [0.1, 0.15) is 11.4 Å². The van der Waals surface area contributed by atoms with Crippen molar-refractivity contribution in [3.05, 3.63) is 9.93 Å². The van der Waals surface area contributed by atoms with Gasteiger partial charge in [0.2, 0.25) is 5.91 Å². The summed E-state index contributed by atoms with van der Waals surface area (Å²) in [6.45, 7) is 1.73. The quantitative estimate of drug-likeness (QED) is 0.298. The molecular weight excluding hydrogens is 355 g/mol. The Morgan fingerprint density at radius 3 is 2.61 bits per heavy atom. The molecule has 4 atom stereocenters. The maximum absolute atomic E-state index is 12.0. The molecule has 2 aliphatic heterocycles. The molecule has 8 nitrogen and oxygen atoms in total. The number of nitrogens with two attached hydrogens (primary N) is 1. The summed E-state index contributed by atoms with van der Waals surface area (Å²) in [6.07, 6.45) is -0.455. The number of hydrogen-bond donors (Lipinski definition) is 3. The van der Waals surface area contributed by atoms with Crippen LogP contribution in [0, 0.1) is 5.92 Å². The standard InChI is InChI=1S/C12H16N2O6S2.Na/c1-2-5(15)6-8(16)14-7(11(19)20)12(22-9(6)14)21-3-4(13)10(17)18;/h4-6,9,15H,2-3,13H2,1H3,(H,17,18)(H,19,20);/q;+1/p-1/t4-,5?,6-,9+;/m0./s1. The predicted octanol–water partition coefficient (Wildman–Crippen LogP) is -4.64. The molecule has 0 aromatic rings. The molecular formula is C12H15N2NaO6S2. The van der Waals surface area contributed by atoms with Crippen LogP contribution in [0.15, 0.2) is 9.93 Å². The zero-order valence-electron chi connectivity index (χ0n) is 12.6. The van der Waals surface area contributed by atoms with Gasteiger partial charge in [0, 0.05) is 5.75 Å². The number of β-lactam (4-membered cyclic amide) rings is 1. The molecule has 11 heteroatoms. The molecule has 0 aromatic heterocycles. The van der Waals surface area contributed by atoms with Crippen molar-refractivity contribution in [1.29, 1.82) is 0 Å². The fraction of sp³-hybridized carbons (Fsp3) is 0.583. The second kappa shape index (κ2) is 8.24. The number of hydrogen-bond acceptors (Lipinski definition) is 8. The Bertz CT molecular complexity index is 558. The largest absolute Gasteiger partial charge is 1.00 e. The van der Waals surface area contributed by atoms with Crippen LogP contribution in [0.1, 0.15) is 13.3 Å². The van der Waals surface area contributed by atoms with E-state index in [9.17, 15) is 24.6 Å². The minimum Gasteiger partial charge on any atom is -0.543 e. The molecule has 1 amide bonds. The topological polar surface area (TPSA) is 144 Å². The molecule has 0 spiro atoms. The number of carbonyl (C=O) groups excluding carboxylic acids is 2. The minimum absolute atomic E-state index is 0. The number of carboxylic acids is 2. The first-order valence-corrected chi connectivity index (χ1v) is 8.40. The van der Waals surface area contributed by atoms with Crippen molar-refractivity contribution in [2.24, 2.45) is 11.7 Å². The van der Waals surface area contributed by atoms with Gasteiger partial charge in [-0.3, -0.25) is 14.5 Å². The molecule has 0 bridgehead atoms. The van der Waals surface area contributed by atoms with Gasteiger partial charge in [0.05, 0.1) is 27.9 Å².